The van der Waals surface area contributed by atoms with Gasteiger partial charge < -0.3 is 14.9 Å². The number of hydrogen-bond donors (Lipinski definition) is 0. The van der Waals surface area contributed by atoms with Gasteiger partial charge in [0.2, 0.25) is 5.75 Å². The van der Waals surface area contributed by atoms with Crippen LogP contribution in [0.2, 0.25) is 0 Å². The summed E-state index contributed by atoms with van der Waals surface area (Å²) in [5.41, 5.74) is 1.38. The Kier molecular flexibility index (Phi) is 3.38. The minimum atomic E-state index is -0.555. The number of hydrogen-bond acceptors (Lipinski definition) is 4. The Morgan fingerprint density at radius 3 is 2.87 bits per heavy atom. The summed E-state index contributed by atoms with van der Waals surface area (Å²) >= 11 is 0. The molecule has 0 spiro atoms. The molecule has 5 nitrogen and oxygen atoms in total. The summed E-state index contributed by atoms with van der Waals surface area (Å²) in [4.78, 5) is 13.9. The minimum absolute atomic E-state index is 0.175. The lowest BCUT2D eigenvalue weighted by Gasteiger charge is -2.05. The molecule has 0 bridgehead atoms. The second-order valence-corrected chi connectivity index (χ2v) is 3.28. The summed E-state index contributed by atoms with van der Waals surface area (Å²) in [5, 5.41) is 10.7. The number of aromatic nitrogens is 1. The second-order valence-electron chi connectivity index (χ2n) is 3.28. The van der Waals surface area contributed by atoms with Crippen LogP contribution in [0.25, 0.3) is 0 Å². The number of rotatable bonds is 4. The van der Waals surface area contributed by atoms with Gasteiger partial charge in [-0.15, -0.1) is 0 Å². The average Bonchev–Trinajstić information content (AvgIpc) is 2.15. The van der Waals surface area contributed by atoms with Crippen LogP contribution in [0.5, 0.6) is 5.75 Å². The summed E-state index contributed by atoms with van der Waals surface area (Å²) in [6, 6.07) is 3.21. The minimum Gasteiger partial charge on any atom is -0.481 e. The third-order valence-electron chi connectivity index (χ3n) is 1.63. The second kappa shape index (κ2) is 4.54. The van der Waals surface area contributed by atoms with Crippen molar-refractivity contribution in [3.63, 3.8) is 0 Å². The predicted molar refractivity (Wildman–Crippen MR) is 55.9 cm³/mol. The van der Waals surface area contributed by atoms with Crippen LogP contribution >= 0.6 is 0 Å². The van der Waals surface area contributed by atoms with Crippen LogP contribution in [0.15, 0.2) is 24.3 Å². The number of pyridine rings is 1. The molecule has 15 heavy (non-hydrogen) atoms. The average molecular weight is 208 g/mol. The van der Waals surface area contributed by atoms with Crippen molar-refractivity contribution in [1.82, 2.24) is 4.98 Å². The monoisotopic (exact) mass is 208 g/mol. The largest absolute Gasteiger partial charge is 0.481 e. The fraction of sp³-hybridized carbons (Fsp3) is 0.300. The van der Waals surface area contributed by atoms with Crippen LogP contribution in [0.4, 0.5) is 5.82 Å². The Bertz CT molecular complexity index is 402. The molecule has 0 aliphatic rings. The summed E-state index contributed by atoms with van der Waals surface area (Å²) in [6.45, 7) is 7.38. The van der Waals surface area contributed by atoms with Crippen molar-refractivity contribution in [1.29, 1.82) is 0 Å². The Balaban J connectivity index is 2.95. The highest BCUT2D eigenvalue weighted by molar-refractivity contribution is 5.40. The van der Waals surface area contributed by atoms with Crippen LogP contribution < -0.4 is 4.74 Å². The van der Waals surface area contributed by atoms with Gasteiger partial charge in [0.25, 0.3) is 0 Å². The molecule has 0 aliphatic carbocycles. The zero-order valence-corrected chi connectivity index (χ0v) is 8.69. The third kappa shape index (κ3) is 3.05. The quantitative estimate of drug-likeness (QED) is 0.432. The molecule has 0 fully saturated rings. The first-order chi connectivity index (χ1) is 7.00. The third-order valence-corrected chi connectivity index (χ3v) is 1.63. The molecule has 1 aromatic rings. The molecule has 0 atom stereocenters. The van der Waals surface area contributed by atoms with Gasteiger partial charge in [0.1, 0.15) is 12.3 Å². The van der Waals surface area contributed by atoms with E-state index < -0.39 is 4.92 Å². The van der Waals surface area contributed by atoms with Gasteiger partial charge in [0.05, 0.1) is 0 Å². The van der Waals surface area contributed by atoms with Crippen molar-refractivity contribution < 1.29 is 9.66 Å². The number of ether oxygens (including phenoxy) is 1. The summed E-state index contributed by atoms with van der Waals surface area (Å²) in [5.74, 6) is -0.0788. The van der Waals surface area contributed by atoms with Crippen LogP contribution in [-0.4, -0.2) is 16.5 Å². The Labute approximate surface area is 87.6 Å². The first kappa shape index (κ1) is 11.2. The van der Waals surface area contributed by atoms with Gasteiger partial charge in [-0.25, -0.2) is 0 Å². The van der Waals surface area contributed by atoms with E-state index in [2.05, 4.69) is 11.6 Å². The molecule has 1 rings (SSSR count). The van der Waals surface area contributed by atoms with Crippen LogP contribution in [-0.2, 0) is 0 Å². The molecule has 0 unspecified atom stereocenters. The smallest absolute Gasteiger partial charge is 0.406 e. The van der Waals surface area contributed by atoms with Crippen molar-refractivity contribution in [2.75, 3.05) is 6.61 Å². The van der Waals surface area contributed by atoms with Gasteiger partial charge in [-0.2, -0.15) is 0 Å². The van der Waals surface area contributed by atoms with E-state index >= 15 is 0 Å². The molecule has 0 aromatic carbocycles. The predicted octanol–water partition coefficient (Wildman–Crippen LogP) is 2.25. The molecular weight excluding hydrogens is 196 g/mol. The van der Waals surface area contributed by atoms with E-state index in [1.807, 2.05) is 0 Å². The molecule has 0 radical (unpaired) electrons. The topological polar surface area (TPSA) is 65.3 Å². The first-order valence-electron chi connectivity index (χ1n) is 4.40. The molecule has 1 heterocycles. The van der Waals surface area contributed by atoms with E-state index in [1.165, 1.54) is 0 Å². The molecule has 1 aromatic heterocycles. The Morgan fingerprint density at radius 1 is 1.67 bits per heavy atom. The molecule has 80 valence electrons. The lowest BCUT2D eigenvalue weighted by atomic mass is 10.3. The van der Waals surface area contributed by atoms with E-state index in [9.17, 15) is 10.1 Å². The fourth-order valence-corrected chi connectivity index (χ4v) is 0.975. The van der Waals surface area contributed by atoms with Gasteiger partial charge in [-0.3, -0.25) is 0 Å². The van der Waals surface area contributed by atoms with Gasteiger partial charge >= 0.3 is 5.82 Å². The lowest BCUT2D eigenvalue weighted by molar-refractivity contribution is -0.390. The maximum absolute atomic E-state index is 10.7. The maximum atomic E-state index is 10.7. The maximum Gasteiger partial charge on any atom is 0.406 e. The summed E-state index contributed by atoms with van der Waals surface area (Å²) < 4.78 is 5.21. The van der Waals surface area contributed by atoms with Crippen molar-refractivity contribution >= 4 is 5.82 Å². The SMILES string of the molecule is C=C(C)COc1ccc(C)nc1[N+](=O)[O-]. The standard InChI is InChI=1S/C10H12N2O3/c1-7(2)6-15-9-5-4-8(3)11-10(9)12(13)14/h4-5H,1,6H2,2-3H3. The zero-order valence-electron chi connectivity index (χ0n) is 8.69. The molecule has 0 amide bonds. The molecule has 0 saturated carbocycles. The van der Waals surface area contributed by atoms with Crippen LogP contribution in [0, 0.1) is 17.0 Å². The molecule has 0 N–H and O–H groups in total. The highest BCUT2D eigenvalue weighted by atomic mass is 16.6. The van der Waals surface area contributed by atoms with Gasteiger partial charge in [0.15, 0.2) is 0 Å². The van der Waals surface area contributed by atoms with Gasteiger partial charge in [0, 0.05) is 6.92 Å². The normalized spacial score (nSPS) is 9.73. The number of aryl methyl sites for hydroxylation is 1. The van der Waals surface area contributed by atoms with E-state index in [4.69, 9.17) is 4.74 Å². The van der Waals surface area contributed by atoms with Gasteiger partial charge in [-0.05, 0) is 34.5 Å². The van der Waals surface area contributed by atoms with E-state index in [0.29, 0.717) is 5.69 Å². The van der Waals surface area contributed by atoms with Crippen molar-refractivity contribution in [2.45, 2.75) is 13.8 Å². The Morgan fingerprint density at radius 2 is 2.33 bits per heavy atom. The van der Waals surface area contributed by atoms with E-state index in [-0.39, 0.29) is 18.2 Å². The van der Waals surface area contributed by atoms with Crippen LogP contribution in [0.3, 0.4) is 0 Å². The Hall–Kier alpha value is -1.91. The van der Waals surface area contributed by atoms with Crippen molar-refractivity contribution in [3.8, 4) is 5.75 Å². The van der Waals surface area contributed by atoms with Crippen molar-refractivity contribution in [3.05, 3.63) is 40.1 Å². The van der Waals surface area contributed by atoms with E-state index in [1.54, 1.807) is 26.0 Å². The zero-order chi connectivity index (χ0) is 11.4. The number of nitro groups is 1. The number of nitrogens with zero attached hydrogens (tertiary/aromatic N) is 2. The highest BCUT2D eigenvalue weighted by Gasteiger charge is 2.17. The fourth-order valence-electron chi connectivity index (χ4n) is 0.975. The molecule has 0 aliphatic heterocycles. The van der Waals surface area contributed by atoms with E-state index in [0.717, 1.165) is 5.57 Å². The summed E-state index contributed by atoms with van der Waals surface area (Å²) in [7, 11) is 0. The van der Waals surface area contributed by atoms with Gasteiger partial charge in [-0.1, -0.05) is 6.58 Å². The molecular formula is C10H12N2O3. The highest BCUT2D eigenvalue weighted by Crippen LogP contribution is 2.24. The molecule has 5 heteroatoms. The van der Waals surface area contributed by atoms with Crippen molar-refractivity contribution in [2.24, 2.45) is 0 Å². The summed E-state index contributed by atoms with van der Waals surface area (Å²) in [6.07, 6.45) is 0. The lowest BCUT2D eigenvalue weighted by Crippen LogP contribution is -2.03. The first-order valence-corrected chi connectivity index (χ1v) is 4.40. The van der Waals surface area contributed by atoms with Crippen LogP contribution in [0.1, 0.15) is 12.6 Å². The molecule has 0 saturated heterocycles.